The summed E-state index contributed by atoms with van der Waals surface area (Å²) in [7, 11) is 0. The summed E-state index contributed by atoms with van der Waals surface area (Å²) in [4.78, 5) is 5.57. The second-order valence-corrected chi connectivity index (χ2v) is 3.08. The predicted octanol–water partition coefficient (Wildman–Crippen LogP) is 0.802. The summed E-state index contributed by atoms with van der Waals surface area (Å²) in [5.41, 5.74) is 1.07. The third kappa shape index (κ3) is 3.06. The Bertz CT molecular complexity index is 458. The minimum atomic E-state index is 0.160. The molecule has 0 spiro atoms. The Labute approximate surface area is 93.8 Å². The lowest BCUT2D eigenvalue weighted by molar-refractivity contribution is 0.334. The fraction of sp³-hybridized carbons (Fsp3) is 0.273. The highest BCUT2D eigenvalue weighted by molar-refractivity contribution is 5.30. The summed E-state index contributed by atoms with van der Waals surface area (Å²) >= 11 is 0. The van der Waals surface area contributed by atoms with Crippen LogP contribution in [0, 0.1) is 34.0 Å². The molecule has 1 heterocycles. The Morgan fingerprint density at radius 3 is 2.44 bits per heavy atom. The summed E-state index contributed by atoms with van der Waals surface area (Å²) in [5.74, 6) is 0. The van der Waals surface area contributed by atoms with Crippen LogP contribution in [0.2, 0.25) is 0 Å². The van der Waals surface area contributed by atoms with Crippen molar-refractivity contribution < 1.29 is 0 Å². The average Bonchev–Trinajstić information content (AvgIpc) is 2.30. The molecule has 1 rings (SSSR count). The Balaban J connectivity index is 2.82. The SMILES string of the molecule is N#CCN(CC#N)Cc1cccnc1C#N. The number of nitriles is 3. The molecule has 0 amide bonds. The highest BCUT2D eigenvalue weighted by Crippen LogP contribution is 2.07. The van der Waals surface area contributed by atoms with Gasteiger partial charge in [-0.05, 0) is 6.07 Å². The van der Waals surface area contributed by atoms with E-state index in [1.165, 1.54) is 0 Å². The molecule has 0 saturated carbocycles. The van der Waals surface area contributed by atoms with Crippen molar-refractivity contribution in [2.45, 2.75) is 6.54 Å². The smallest absolute Gasteiger partial charge is 0.144 e. The molecule has 0 atom stereocenters. The summed E-state index contributed by atoms with van der Waals surface area (Å²) in [6.07, 6.45) is 1.54. The Kier molecular flexibility index (Phi) is 4.47. The minimum absolute atomic E-state index is 0.160. The highest BCUT2D eigenvalue weighted by atomic mass is 15.1. The zero-order valence-electron chi connectivity index (χ0n) is 8.59. The van der Waals surface area contributed by atoms with E-state index in [0.29, 0.717) is 12.2 Å². The fourth-order valence-electron chi connectivity index (χ4n) is 1.28. The van der Waals surface area contributed by atoms with E-state index in [1.54, 1.807) is 23.2 Å². The van der Waals surface area contributed by atoms with Gasteiger partial charge in [0.05, 0.1) is 25.2 Å². The van der Waals surface area contributed by atoms with E-state index < -0.39 is 0 Å². The second-order valence-electron chi connectivity index (χ2n) is 3.08. The van der Waals surface area contributed by atoms with E-state index in [-0.39, 0.29) is 13.1 Å². The normalized spacial score (nSPS) is 9.12. The molecule has 0 radical (unpaired) electrons. The number of aromatic nitrogens is 1. The lowest BCUT2D eigenvalue weighted by Crippen LogP contribution is -2.24. The van der Waals surface area contributed by atoms with Crippen molar-refractivity contribution in [3.63, 3.8) is 0 Å². The molecule has 5 nitrogen and oxygen atoms in total. The lowest BCUT2D eigenvalue weighted by atomic mass is 10.2. The van der Waals surface area contributed by atoms with Gasteiger partial charge in [-0.25, -0.2) is 4.98 Å². The first kappa shape index (κ1) is 11.7. The molecule has 0 unspecified atom stereocenters. The van der Waals surface area contributed by atoms with Crippen LogP contribution in [0.4, 0.5) is 0 Å². The number of hydrogen-bond acceptors (Lipinski definition) is 5. The molecule has 5 heteroatoms. The van der Waals surface area contributed by atoms with E-state index in [1.807, 2.05) is 18.2 Å². The topological polar surface area (TPSA) is 87.5 Å². The first-order valence-electron chi connectivity index (χ1n) is 4.62. The van der Waals surface area contributed by atoms with E-state index >= 15 is 0 Å². The van der Waals surface area contributed by atoms with Gasteiger partial charge in [-0.2, -0.15) is 15.8 Å². The minimum Gasteiger partial charge on any atom is -0.273 e. The van der Waals surface area contributed by atoms with Gasteiger partial charge >= 0.3 is 0 Å². The van der Waals surface area contributed by atoms with Crippen molar-refractivity contribution in [3.05, 3.63) is 29.6 Å². The van der Waals surface area contributed by atoms with E-state index in [0.717, 1.165) is 5.56 Å². The Morgan fingerprint density at radius 1 is 1.19 bits per heavy atom. The molecule has 0 aromatic carbocycles. The average molecular weight is 211 g/mol. The predicted molar refractivity (Wildman–Crippen MR) is 55.5 cm³/mol. The molecule has 1 aromatic heterocycles. The van der Waals surface area contributed by atoms with Gasteiger partial charge in [-0.1, -0.05) is 6.07 Å². The van der Waals surface area contributed by atoms with Crippen LogP contribution in [-0.4, -0.2) is 23.0 Å². The first-order valence-corrected chi connectivity index (χ1v) is 4.62. The van der Waals surface area contributed by atoms with Crippen molar-refractivity contribution in [2.75, 3.05) is 13.1 Å². The molecule has 0 aliphatic heterocycles. The maximum Gasteiger partial charge on any atom is 0.144 e. The van der Waals surface area contributed by atoms with Gasteiger partial charge in [0.25, 0.3) is 0 Å². The van der Waals surface area contributed by atoms with Gasteiger partial charge in [-0.3, -0.25) is 4.90 Å². The molecular formula is C11H9N5. The molecule has 0 N–H and O–H groups in total. The van der Waals surface area contributed by atoms with Crippen molar-refractivity contribution >= 4 is 0 Å². The molecule has 0 aliphatic carbocycles. The largest absolute Gasteiger partial charge is 0.273 e. The zero-order chi connectivity index (χ0) is 11.8. The number of pyridine rings is 1. The molecule has 0 saturated heterocycles. The third-order valence-electron chi connectivity index (χ3n) is 1.98. The quantitative estimate of drug-likeness (QED) is 0.687. The summed E-state index contributed by atoms with van der Waals surface area (Å²) < 4.78 is 0. The molecule has 1 aromatic rings. The highest BCUT2D eigenvalue weighted by Gasteiger charge is 2.08. The van der Waals surface area contributed by atoms with Crippen LogP contribution >= 0.6 is 0 Å². The molecule has 0 aliphatic rings. The fourth-order valence-corrected chi connectivity index (χ4v) is 1.28. The van der Waals surface area contributed by atoms with Gasteiger partial charge < -0.3 is 0 Å². The third-order valence-corrected chi connectivity index (χ3v) is 1.98. The van der Waals surface area contributed by atoms with E-state index in [2.05, 4.69) is 4.98 Å². The van der Waals surface area contributed by atoms with Crippen LogP contribution in [0.3, 0.4) is 0 Å². The van der Waals surface area contributed by atoms with Crippen LogP contribution in [-0.2, 0) is 6.54 Å². The maximum absolute atomic E-state index is 8.83. The van der Waals surface area contributed by atoms with Crippen LogP contribution in [0.15, 0.2) is 18.3 Å². The van der Waals surface area contributed by atoms with Crippen molar-refractivity contribution in [1.29, 1.82) is 15.8 Å². The van der Waals surface area contributed by atoms with Crippen LogP contribution in [0.1, 0.15) is 11.3 Å². The molecule has 16 heavy (non-hydrogen) atoms. The van der Waals surface area contributed by atoms with Gasteiger partial charge in [0.2, 0.25) is 0 Å². The summed E-state index contributed by atoms with van der Waals surface area (Å²) in [6, 6.07) is 9.45. The van der Waals surface area contributed by atoms with Crippen molar-refractivity contribution in [1.82, 2.24) is 9.88 Å². The van der Waals surface area contributed by atoms with Gasteiger partial charge in [0, 0.05) is 18.3 Å². The molecule has 78 valence electrons. The summed E-state index contributed by atoms with van der Waals surface area (Å²) in [6.45, 7) is 0.707. The van der Waals surface area contributed by atoms with Gasteiger partial charge in [0.15, 0.2) is 0 Å². The van der Waals surface area contributed by atoms with Gasteiger partial charge in [0.1, 0.15) is 11.8 Å². The summed E-state index contributed by atoms with van der Waals surface area (Å²) in [5, 5.41) is 26.0. The first-order chi connectivity index (χ1) is 7.81. The molecular weight excluding hydrogens is 202 g/mol. The van der Waals surface area contributed by atoms with Crippen molar-refractivity contribution in [2.24, 2.45) is 0 Å². The van der Waals surface area contributed by atoms with Gasteiger partial charge in [-0.15, -0.1) is 0 Å². The van der Waals surface area contributed by atoms with E-state index in [4.69, 9.17) is 15.8 Å². The van der Waals surface area contributed by atoms with Crippen LogP contribution in [0.25, 0.3) is 0 Å². The molecule has 0 bridgehead atoms. The van der Waals surface area contributed by atoms with E-state index in [9.17, 15) is 0 Å². The molecule has 0 fully saturated rings. The van der Waals surface area contributed by atoms with Crippen LogP contribution < -0.4 is 0 Å². The standard InChI is InChI=1S/C11H9N5/c12-3-6-16(7-4-13)9-10-2-1-5-15-11(10)8-14/h1-2,5H,6-7,9H2. The lowest BCUT2D eigenvalue weighted by Gasteiger charge is -2.15. The maximum atomic E-state index is 8.83. The van der Waals surface area contributed by atoms with Crippen molar-refractivity contribution in [3.8, 4) is 18.2 Å². The monoisotopic (exact) mass is 211 g/mol. The number of rotatable bonds is 4. The Morgan fingerprint density at radius 2 is 1.88 bits per heavy atom. The second kappa shape index (κ2) is 6.14. The number of hydrogen-bond donors (Lipinski definition) is 0. The number of nitrogens with zero attached hydrogens (tertiary/aromatic N) is 5. The zero-order valence-corrected chi connectivity index (χ0v) is 8.59. The van der Waals surface area contributed by atoms with Crippen LogP contribution in [0.5, 0.6) is 0 Å². The Hall–Kier alpha value is -2.42.